The van der Waals surface area contributed by atoms with E-state index in [1.807, 2.05) is 52.5 Å². The van der Waals surface area contributed by atoms with Gasteiger partial charge in [-0.25, -0.2) is 9.59 Å². The maximum atomic E-state index is 12.6. The number of esters is 1. The first-order valence-electron chi connectivity index (χ1n) is 9.59. The Balaban J connectivity index is 2.15. The number of hydrogen-bond donors (Lipinski definition) is 1. The van der Waals surface area contributed by atoms with Gasteiger partial charge in [-0.3, -0.25) is 0 Å². The van der Waals surface area contributed by atoms with Crippen LogP contribution in [0, 0.1) is 6.92 Å². The lowest BCUT2D eigenvalue weighted by Crippen LogP contribution is -2.54. The van der Waals surface area contributed by atoms with Crippen LogP contribution in [-0.4, -0.2) is 47.8 Å². The number of piperidine rings is 1. The lowest BCUT2D eigenvalue weighted by molar-refractivity contribution is -0.00132. The molecule has 0 saturated carbocycles. The molecule has 1 saturated heterocycles. The number of carbonyl (C=O) groups excluding carboxylic acids is 2. The molecule has 1 N–H and O–H groups in total. The third-order valence-electron chi connectivity index (χ3n) is 4.94. The summed E-state index contributed by atoms with van der Waals surface area (Å²) in [6.07, 6.45) is 1.32. The van der Waals surface area contributed by atoms with Crippen LogP contribution in [-0.2, 0) is 9.47 Å². The zero-order chi connectivity index (χ0) is 21.2. The SMILES string of the molecule is COC(=O)c1cc(Br)cc(NC2CC(C)N(C(=O)OC(C)(C)C)[C@H](C)C2)c1C. The van der Waals surface area contributed by atoms with Gasteiger partial charge < -0.3 is 19.7 Å². The van der Waals surface area contributed by atoms with Crippen LogP contribution in [0.25, 0.3) is 0 Å². The Morgan fingerprint density at radius 2 is 1.75 bits per heavy atom. The standard InChI is InChI=1S/C21H31BrN2O4/c1-12-8-16(9-13(2)24(12)20(26)28-21(4,5)6)23-18-11-15(22)10-17(14(18)3)19(25)27-7/h10-13,16,23H,8-9H2,1-7H3/t12-,13?,16?/m1/s1. The number of ether oxygens (including phenoxy) is 2. The summed E-state index contributed by atoms with van der Waals surface area (Å²) >= 11 is 3.47. The van der Waals surface area contributed by atoms with Gasteiger partial charge in [0.15, 0.2) is 0 Å². The molecule has 2 rings (SSSR count). The summed E-state index contributed by atoms with van der Waals surface area (Å²) in [4.78, 5) is 26.4. The molecule has 156 valence electrons. The van der Waals surface area contributed by atoms with E-state index in [4.69, 9.17) is 9.47 Å². The third kappa shape index (κ3) is 5.40. The number of anilines is 1. The van der Waals surface area contributed by atoms with Crippen LogP contribution in [0.3, 0.4) is 0 Å². The van der Waals surface area contributed by atoms with E-state index >= 15 is 0 Å². The van der Waals surface area contributed by atoms with Crippen molar-refractivity contribution in [2.24, 2.45) is 0 Å². The number of hydrogen-bond acceptors (Lipinski definition) is 5. The Hall–Kier alpha value is -1.76. The maximum Gasteiger partial charge on any atom is 0.410 e. The number of benzene rings is 1. The minimum Gasteiger partial charge on any atom is -0.465 e. The summed E-state index contributed by atoms with van der Waals surface area (Å²) in [5, 5.41) is 3.56. The molecule has 0 aromatic heterocycles. The van der Waals surface area contributed by atoms with Crippen molar-refractivity contribution in [2.75, 3.05) is 12.4 Å². The highest BCUT2D eigenvalue weighted by Gasteiger charge is 2.36. The number of carbonyl (C=O) groups is 2. The molecule has 7 heteroatoms. The Bertz CT molecular complexity index is 733. The molecule has 1 aromatic carbocycles. The quantitative estimate of drug-likeness (QED) is 0.640. The van der Waals surface area contributed by atoms with E-state index in [1.54, 1.807) is 6.07 Å². The van der Waals surface area contributed by atoms with Crippen molar-refractivity contribution < 1.29 is 19.1 Å². The molecule has 3 atom stereocenters. The monoisotopic (exact) mass is 454 g/mol. The van der Waals surface area contributed by atoms with Gasteiger partial charge in [-0.1, -0.05) is 15.9 Å². The van der Waals surface area contributed by atoms with Crippen LogP contribution in [0.5, 0.6) is 0 Å². The second-order valence-electron chi connectivity index (χ2n) is 8.52. The van der Waals surface area contributed by atoms with Gasteiger partial charge in [0.05, 0.1) is 12.7 Å². The van der Waals surface area contributed by atoms with E-state index in [0.717, 1.165) is 28.6 Å². The predicted molar refractivity (Wildman–Crippen MR) is 114 cm³/mol. The minimum absolute atomic E-state index is 0.0450. The fourth-order valence-electron chi connectivity index (χ4n) is 3.74. The number of halogens is 1. The average Bonchev–Trinajstić information content (AvgIpc) is 2.54. The largest absolute Gasteiger partial charge is 0.465 e. The Morgan fingerprint density at radius 3 is 2.25 bits per heavy atom. The van der Waals surface area contributed by atoms with Crippen molar-refractivity contribution in [2.45, 2.75) is 78.1 Å². The van der Waals surface area contributed by atoms with Gasteiger partial charge in [0.25, 0.3) is 0 Å². The Labute approximate surface area is 176 Å². The molecule has 2 unspecified atom stereocenters. The van der Waals surface area contributed by atoms with Crippen molar-refractivity contribution in [3.63, 3.8) is 0 Å². The van der Waals surface area contributed by atoms with Crippen LogP contribution in [0.1, 0.15) is 63.4 Å². The van der Waals surface area contributed by atoms with Gasteiger partial charge >= 0.3 is 12.1 Å². The molecule has 1 aliphatic rings. The van der Waals surface area contributed by atoms with Gasteiger partial charge in [-0.05, 0) is 72.1 Å². The minimum atomic E-state index is -0.511. The van der Waals surface area contributed by atoms with Crippen molar-refractivity contribution in [3.05, 3.63) is 27.7 Å². The van der Waals surface area contributed by atoms with Crippen molar-refractivity contribution in [3.8, 4) is 0 Å². The summed E-state index contributed by atoms with van der Waals surface area (Å²) in [5.41, 5.74) is 1.77. The van der Waals surface area contributed by atoms with E-state index in [-0.39, 0.29) is 30.2 Å². The molecular weight excluding hydrogens is 424 g/mol. The van der Waals surface area contributed by atoms with Crippen LogP contribution in [0.15, 0.2) is 16.6 Å². The van der Waals surface area contributed by atoms with E-state index in [0.29, 0.717) is 5.56 Å². The van der Waals surface area contributed by atoms with Crippen molar-refractivity contribution >= 4 is 33.7 Å². The molecule has 6 nitrogen and oxygen atoms in total. The Kier molecular flexibility index (Phi) is 7.02. The van der Waals surface area contributed by atoms with Crippen molar-refractivity contribution in [1.82, 2.24) is 4.90 Å². The summed E-state index contributed by atoms with van der Waals surface area (Å²) in [6.45, 7) is 11.6. The number of likely N-dealkylation sites (tertiary alicyclic amines) is 1. The molecule has 1 aromatic rings. The van der Waals surface area contributed by atoms with E-state index in [9.17, 15) is 9.59 Å². The summed E-state index contributed by atoms with van der Waals surface area (Å²) < 4.78 is 11.3. The number of rotatable bonds is 3. The van der Waals surface area contributed by atoms with Gasteiger partial charge in [-0.15, -0.1) is 0 Å². The molecule has 1 fully saturated rings. The van der Waals surface area contributed by atoms with Crippen LogP contribution < -0.4 is 5.32 Å². The number of methoxy groups -OCH3 is 1. The Morgan fingerprint density at radius 1 is 1.18 bits per heavy atom. The molecule has 0 spiro atoms. The van der Waals surface area contributed by atoms with Crippen LogP contribution >= 0.6 is 15.9 Å². The number of amides is 1. The first-order chi connectivity index (χ1) is 12.9. The number of nitrogens with zero attached hydrogens (tertiary/aromatic N) is 1. The third-order valence-corrected chi connectivity index (χ3v) is 5.40. The molecule has 1 aliphatic heterocycles. The number of nitrogens with one attached hydrogen (secondary N) is 1. The van der Waals surface area contributed by atoms with E-state index in [1.165, 1.54) is 7.11 Å². The summed E-state index contributed by atoms with van der Waals surface area (Å²) in [5.74, 6) is -0.358. The molecule has 0 aliphatic carbocycles. The van der Waals surface area contributed by atoms with E-state index in [2.05, 4.69) is 21.2 Å². The highest BCUT2D eigenvalue weighted by atomic mass is 79.9. The first-order valence-corrected chi connectivity index (χ1v) is 10.4. The predicted octanol–water partition coefficient (Wildman–Crippen LogP) is 5.13. The molecule has 0 bridgehead atoms. The van der Waals surface area contributed by atoms with E-state index < -0.39 is 5.60 Å². The molecule has 1 amide bonds. The zero-order valence-corrected chi connectivity index (χ0v) is 19.3. The second kappa shape index (κ2) is 8.72. The smallest absolute Gasteiger partial charge is 0.410 e. The average molecular weight is 455 g/mol. The summed E-state index contributed by atoms with van der Waals surface area (Å²) in [6, 6.07) is 4.01. The summed E-state index contributed by atoms with van der Waals surface area (Å²) in [7, 11) is 1.38. The molecule has 28 heavy (non-hydrogen) atoms. The fraction of sp³-hybridized carbons (Fsp3) is 0.619. The van der Waals surface area contributed by atoms with Gasteiger partial charge in [0.2, 0.25) is 0 Å². The molecule has 1 heterocycles. The first kappa shape index (κ1) is 22.5. The lowest BCUT2D eigenvalue weighted by atomic mass is 9.92. The van der Waals surface area contributed by atoms with Gasteiger partial charge in [0.1, 0.15) is 5.60 Å². The second-order valence-corrected chi connectivity index (χ2v) is 9.43. The lowest BCUT2D eigenvalue weighted by Gasteiger charge is -2.43. The van der Waals surface area contributed by atoms with Gasteiger partial charge in [-0.2, -0.15) is 0 Å². The maximum absolute atomic E-state index is 12.6. The van der Waals surface area contributed by atoms with Crippen LogP contribution in [0.2, 0.25) is 0 Å². The normalized spacial score (nSPS) is 22.6. The fourth-order valence-corrected chi connectivity index (χ4v) is 4.20. The highest BCUT2D eigenvalue weighted by Crippen LogP contribution is 2.31. The molecule has 0 radical (unpaired) electrons. The van der Waals surface area contributed by atoms with Crippen LogP contribution in [0.4, 0.5) is 10.5 Å². The zero-order valence-electron chi connectivity index (χ0n) is 17.8. The van der Waals surface area contributed by atoms with Gasteiger partial charge in [0, 0.05) is 28.3 Å². The van der Waals surface area contributed by atoms with Crippen molar-refractivity contribution in [1.29, 1.82) is 0 Å². The topological polar surface area (TPSA) is 67.9 Å². The molecular formula is C21H31BrN2O4. The highest BCUT2D eigenvalue weighted by molar-refractivity contribution is 9.10.